The Balaban J connectivity index is 1.79. The van der Waals surface area contributed by atoms with Crippen molar-refractivity contribution in [3.05, 3.63) is 82.9 Å². The first-order chi connectivity index (χ1) is 16.8. The molecule has 1 aliphatic rings. The lowest BCUT2D eigenvalue weighted by molar-refractivity contribution is -0.140. The van der Waals surface area contributed by atoms with E-state index in [4.69, 9.17) is 17.0 Å². The molecule has 2 aromatic heterocycles. The van der Waals surface area contributed by atoms with Crippen LogP contribution in [0.1, 0.15) is 57.9 Å². The topological polar surface area (TPSA) is 96.7 Å². The number of rotatable bonds is 8. The van der Waals surface area contributed by atoms with Gasteiger partial charge < -0.3 is 24.6 Å². The van der Waals surface area contributed by atoms with E-state index in [9.17, 15) is 14.7 Å². The molecular formula is C26H28N4O4S. The molecule has 8 nitrogen and oxygen atoms in total. The molecule has 0 bridgehead atoms. The molecule has 3 aromatic rings. The third kappa shape index (κ3) is 4.77. The van der Waals surface area contributed by atoms with Crippen molar-refractivity contribution in [2.75, 3.05) is 13.7 Å². The van der Waals surface area contributed by atoms with Crippen molar-refractivity contribution in [3.8, 4) is 5.69 Å². The zero-order chi connectivity index (χ0) is 25.1. The Morgan fingerprint density at radius 1 is 1.17 bits per heavy atom. The Morgan fingerprint density at radius 2 is 1.91 bits per heavy atom. The number of nitrogens with zero attached hydrogens (tertiary/aromatic N) is 3. The summed E-state index contributed by atoms with van der Waals surface area (Å²) >= 11 is 5.72. The minimum absolute atomic E-state index is 0.188. The van der Waals surface area contributed by atoms with Crippen molar-refractivity contribution in [1.29, 1.82) is 0 Å². The molecule has 1 fully saturated rings. The first-order valence-corrected chi connectivity index (χ1v) is 11.8. The maximum absolute atomic E-state index is 11.9. The number of benzene rings is 1. The van der Waals surface area contributed by atoms with Gasteiger partial charge in [-0.05, 0) is 68.4 Å². The van der Waals surface area contributed by atoms with Gasteiger partial charge in [-0.15, -0.1) is 0 Å². The van der Waals surface area contributed by atoms with E-state index in [2.05, 4.69) is 21.3 Å². The van der Waals surface area contributed by atoms with E-state index >= 15 is 0 Å². The molecule has 4 rings (SSSR count). The van der Waals surface area contributed by atoms with Gasteiger partial charge in [0.15, 0.2) is 5.11 Å². The van der Waals surface area contributed by atoms with Crippen LogP contribution in [0.25, 0.3) is 5.69 Å². The van der Waals surface area contributed by atoms with Crippen molar-refractivity contribution in [1.82, 2.24) is 19.8 Å². The largest absolute Gasteiger partial charge is 0.478 e. The van der Waals surface area contributed by atoms with Gasteiger partial charge in [0.25, 0.3) is 0 Å². The van der Waals surface area contributed by atoms with Crippen LogP contribution in [0.2, 0.25) is 0 Å². The molecule has 0 radical (unpaired) electrons. The van der Waals surface area contributed by atoms with Gasteiger partial charge in [-0.25, -0.2) is 4.79 Å². The van der Waals surface area contributed by atoms with Crippen LogP contribution in [0.15, 0.2) is 54.7 Å². The number of pyridine rings is 1. The van der Waals surface area contributed by atoms with Gasteiger partial charge in [0.1, 0.15) is 0 Å². The molecule has 35 heavy (non-hydrogen) atoms. The summed E-state index contributed by atoms with van der Waals surface area (Å²) in [5.74, 6) is -1.24. The van der Waals surface area contributed by atoms with Gasteiger partial charge in [0.05, 0.1) is 36.1 Å². The minimum atomic E-state index is -0.978. The summed E-state index contributed by atoms with van der Waals surface area (Å²) in [4.78, 5) is 30.3. The third-order valence-electron chi connectivity index (χ3n) is 6.37. The number of ether oxygens (including phenoxy) is 1. The lowest BCUT2D eigenvalue weighted by Crippen LogP contribution is -2.31. The van der Waals surface area contributed by atoms with Crippen molar-refractivity contribution in [3.63, 3.8) is 0 Å². The number of thiocarbonyl (C=S) groups is 1. The number of carboxylic acid groups (broad SMARTS) is 1. The molecule has 1 aromatic carbocycles. The monoisotopic (exact) mass is 492 g/mol. The van der Waals surface area contributed by atoms with E-state index in [0.29, 0.717) is 30.2 Å². The summed E-state index contributed by atoms with van der Waals surface area (Å²) in [5.41, 5.74) is 4.55. The van der Waals surface area contributed by atoms with Crippen molar-refractivity contribution in [2.45, 2.75) is 38.8 Å². The average Bonchev–Trinajstić information content (AvgIpc) is 3.34. The van der Waals surface area contributed by atoms with Crippen molar-refractivity contribution < 1.29 is 19.4 Å². The van der Waals surface area contributed by atoms with Crippen LogP contribution in [0, 0.1) is 13.8 Å². The van der Waals surface area contributed by atoms with Crippen LogP contribution >= 0.6 is 12.2 Å². The summed E-state index contributed by atoms with van der Waals surface area (Å²) < 4.78 is 6.77. The molecule has 0 aliphatic carbocycles. The van der Waals surface area contributed by atoms with Gasteiger partial charge in [-0.3, -0.25) is 9.78 Å². The molecule has 1 aliphatic heterocycles. The molecule has 0 unspecified atom stereocenters. The highest BCUT2D eigenvalue weighted by Crippen LogP contribution is 2.41. The highest BCUT2D eigenvalue weighted by Gasteiger charge is 2.41. The van der Waals surface area contributed by atoms with Gasteiger partial charge in [0.2, 0.25) is 0 Å². The number of hydrogen-bond acceptors (Lipinski definition) is 5. The second kappa shape index (κ2) is 10.3. The van der Waals surface area contributed by atoms with Crippen LogP contribution in [0.3, 0.4) is 0 Å². The molecule has 2 N–H and O–H groups in total. The number of carboxylic acids is 1. The van der Waals surface area contributed by atoms with E-state index in [1.807, 2.05) is 48.7 Å². The summed E-state index contributed by atoms with van der Waals surface area (Å²) in [7, 11) is 1.38. The third-order valence-corrected chi connectivity index (χ3v) is 6.72. The van der Waals surface area contributed by atoms with E-state index in [0.717, 1.165) is 22.6 Å². The molecule has 9 heteroatoms. The maximum atomic E-state index is 11.9. The molecular weight excluding hydrogens is 464 g/mol. The predicted octanol–water partition coefficient (Wildman–Crippen LogP) is 4.11. The Bertz CT molecular complexity index is 1260. The summed E-state index contributed by atoms with van der Waals surface area (Å²) in [6.45, 7) is 4.52. The fourth-order valence-corrected chi connectivity index (χ4v) is 5.12. The summed E-state index contributed by atoms with van der Waals surface area (Å²) in [6, 6.07) is 14.4. The van der Waals surface area contributed by atoms with E-state index < -0.39 is 5.97 Å². The highest BCUT2D eigenvalue weighted by atomic mass is 32.1. The SMILES string of the molecule is COC(=O)CCCN1C(=S)N[C@H](c2ccccn2)[C@@H]1c1cc(C)n(-c2ccccc2C(=O)O)c1C. The van der Waals surface area contributed by atoms with Gasteiger partial charge in [0, 0.05) is 30.6 Å². The number of methoxy groups -OCH3 is 1. The Kier molecular flexibility index (Phi) is 7.16. The Hall–Kier alpha value is -3.72. The number of esters is 1. The fourth-order valence-electron chi connectivity index (χ4n) is 4.79. The molecule has 182 valence electrons. The lowest BCUT2D eigenvalue weighted by Gasteiger charge is -2.28. The second-order valence-electron chi connectivity index (χ2n) is 8.48. The highest BCUT2D eigenvalue weighted by molar-refractivity contribution is 7.80. The first-order valence-electron chi connectivity index (χ1n) is 11.4. The quantitative estimate of drug-likeness (QED) is 0.358. The minimum Gasteiger partial charge on any atom is -0.478 e. The molecule has 0 spiro atoms. The van der Waals surface area contributed by atoms with Crippen LogP contribution < -0.4 is 5.32 Å². The lowest BCUT2D eigenvalue weighted by atomic mass is 9.96. The van der Waals surface area contributed by atoms with Gasteiger partial charge in [-0.1, -0.05) is 18.2 Å². The zero-order valence-corrected chi connectivity index (χ0v) is 20.7. The summed E-state index contributed by atoms with van der Waals surface area (Å²) in [6.07, 6.45) is 2.63. The number of hydrogen-bond donors (Lipinski definition) is 2. The standard InChI is InChI=1S/C26H28N4O4S/c1-16-15-19(17(2)30(16)21-11-5-4-9-18(21)25(32)33)24-23(20-10-6-7-13-27-20)28-26(35)29(24)14-8-12-22(31)34-3/h4-7,9-11,13,15,23-24H,8,12,14H2,1-3H3,(H,28,35)(H,32,33)/t23-,24+/m1/s1. The smallest absolute Gasteiger partial charge is 0.337 e. The van der Waals surface area contributed by atoms with E-state index in [1.165, 1.54) is 7.11 Å². The number of aryl methyl sites for hydroxylation is 1. The fraction of sp³-hybridized carbons (Fsp3) is 0.308. The van der Waals surface area contributed by atoms with E-state index in [1.54, 1.807) is 18.3 Å². The number of aromatic nitrogens is 2. The molecule has 3 heterocycles. The first kappa shape index (κ1) is 24.4. The zero-order valence-electron chi connectivity index (χ0n) is 19.9. The van der Waals surface area contributed by atoms with Gasteiger partial charge >= 0.3 is 11.9 Å². The van der Waals surface area contributed by atoms with Crippen molar-refractivity contribution in [2.24, 2.45) is 0 Å². The van der Waals surface area contributed by atoms with Crippen LogP contribution in [-0.2, 0) is 9.53 Å². The maximum Gasteiger partial charge on any atom is 0.337 e. The average molecular weight is 493 g/mol. The molecule has 1 saturated heterocycles. The Morgan fingerprint density at radius 3 is 2.60 bits per heavy atom. The summed E-state index contributed by atoms with van der Waals surface area (Å²) in [5, 5.41) is 13.8. The van der Waals surface area contributed by atoms with Crippen LogP contribution in [-0.4, -0.2) is 50.3 Å². The van der Waals surface area contributed by atoms with E-state index in [-0.39, 0.29) is 23.6 Å². The van der Waals surface area contributed by atoms with Gasteiger partial charge in [-0.2, -0.15) is 0 Å². The van der Waals surface area contributed by atoms with Crippen molar-refractivity contribution >= 4 is 29.3 Å². The number of para-hydroxylation sites is 1. The Labute approximate surface area is 209 Å². The number of nitrogens with one attached hydrogen (secondary N) is 1. The molecule has 0 amide bonds. The molecule has 0 saturated carbocycles. The number of carbonyl (C=O) groups excluding carboxylic acids is 1. The predicted molar refractivity (Wildman–Crippen MR) is 136 cm³/mol. The number of aromatic carboxylic acids is 1. The molecule has 2 atom stereocenters. The van der Waals surface area contributed by atoms with Crippen LogP contribution in [0.5, 0.6) is 0 Å². The number of carbonyl (C=O) groups is 2. The second-order valence-corrected chi connectivity index (χ2v) is 8.87. The normalized spacial score (nSPS) is 17.3. The van der Waals surface area contributed by atoms with Crippen LogP contribution in [0.4, 0.5) is 0 Å².